The molecule has 1 saturated heterocycles. The van der Waals surface area contributed by atoms with Gasteiger partial charge >= 0.3 is 0 Å². The number of thioether (sulfide) groups is 1. The maximum Gasteiger partial charge on any atom is 0.260 e. The SMILES string of the molecule is CCc1ccc(N(CC(=O)N/N=C\c2ccc(OC3CSC3)cc2)S(C)(=O)=O)cc1. The zero-order valence-corrected chi connectivity index (χ0v) is 18.6. The van der Waals surface area contributed by atoms with E-state index in [0.29, 0.717) is 5.69 Å². The molecule has 1 aliphatic heterocycles. The van der Waals surface area contributed by atoms with Crippen LogP contribution in [0.25, 0.3) is 0 Å². The van der Waals surface area contributed by atoms with Crippen molar-refractivity contribution < 1.29 is 17.9 Å². The number of amides is 1. The Morgan fingerprint density at radius 3 is 2.40 bits per heavy atom. The van der Waals surface area contributed by atoms with Gasteiger partial charge in [-0.25, -0.2) is 13.8 Å². The number of hydrogen-bond donors (Lipinski definition) is 1. The summed E-state index contributed by atoms with van der Waals surface area (Å²) in [5, 5.41) is 3.93. The molecule has 0 radical (unpaired) electrons. The van der Waals surface area contributed by atoms with Crippen molar-refractivity contribution in [3.8, 4) is 5.75 Å². The number of carbonyl (C=O) groups excluding carboxylic acids is 1. The highest BCUT2D eigenvalue weighted by Crippen LogP contribution is 2.23. The minimum Gasteiger partial charge on any atom is -0.489 e. The first-order valence-electron chi connectivity index (χ1n) is 9.58. The van der Waals surface area contributed by atoms with Gasteiger partial charge in [0, 0.05) is 11.5 Å². The van der Waals surface area contributed by atoms with Gasteiger partial charge in [0.15, 0.2) is 0 Å². The smallest absolute Gasteiger partial charge is 0.260 e. The molecule has 0 bridgehead atoms. The first-order valence-corrected chi connectivity index (χ1v) is 12.6. The number of sulfonamides is 1. The van der Waals surface area contributed by atoms with E-state index in [0.717, 1.165) is 45.4 Å². The number of carbonyl (C=O) groups is 1. The van der Waals surface area contributed by atoms with E-state index in [1.165, 1.54) is 6.21 Å². The summed E-state index contributed by atoms with van der Waals surface area (Å²) < 4.78 is 31.1. The molecule has 3 rings (SSSR count). The van der Waals surface area contributed by atoms with E-state index >= 15 is 0 Å². The second-order valence-corrected chi connectivity index (χ2v) is 9.91. The number of benzene rings is 2. The number of ether oxygens (including phenoxy) is 1. The van der Waals surface area contributed by atoms with Gasteiger partial charge in [0.05, 0.1) is 18.2 Å². The molecule has 0 spiro atoms. The van der Waals surface area contributed by atoms with Gasteiger partial charge in [0.2, 0.25) is 10.0 Å². The zero-order chi connectivity index (χ0) is 21.6. The van der Waals surface area contributed by atoms with Gasteiger partial charge in [-0.1, -0.05) is 19.1 Å². The monoisotopic (exact) mass is 447 g/mol. The van der Waals surface area contributed by atoms with Gasteiger partial charge in [-0.2, -0.15) is 16.9 Å². The molecule has 7 nitrogen and oxygen atoms in total. The molecule has 1 aliphatic rings. The minimum atomic E-state index is -3.62. The number of aryl methyl sites for hydroxylation is 1. The number of anilines is 1. The van der Waals surface area contributed by atoms with E-state index in [2.05, 4.69) is 10.5 Å². The lowest BCUT2D eigenvalue weighted by Gasteiger charge is -2.25. The van der Waals surface area contributed by atoms with Crippen LogP contribution in [0.15, 0.2) is 53.6 Å². The largest absolute Gasteiger partial charge is 0.489 e. The quantitative estimate of drug-likeness (QED) is 0.472. The molecule has 0 saturated carbocycles. The molecular formula is C21H25N3O4S2. The van der Waals surface area contributed by atoms with E-state index in [9.17, 15) is 13.2 Å². The Kier molecular flexibility index (Phi) is 7.38. The van der Waals surface area contributed by atoms with Crippen molar-refractivity contribution in [2.45, 2.75) is 19.4 Å². The Morgan fingerprint density at radius 2 is 1.87 bits per heavy atom. The topological polar surface area (TPSA) is 88.1 Å². The fourth-order valence-electron chi connectivity index (χ4n) is 2.75. The molecule has 2 aromatic rings. The van der Waals surface area contributed by atoms with Crippen molar-refractivity contribution >= 4 is 39.6 Å². The summed E-state index contributed by atoms with van der Waals surface area (Å²) in [5.74, 6) is 2.31. The molecule has 0 aliphatic carbocycles. The second-order valence-electron chi connectivity index (χ2n) is 6.93. The first kappa shape index (κ1) is 22.2. The molecule has 0 atom stereocenters. The minimum absolute atomic E-state index is 0.282. The highest BCUT2D eigenvalue weighted by molar-refractivity contribution is 8.00. The van der Waals surface area contributed by atoms with E-state index in [1.54, 1.807) is 12.1 Å². The van der Waals surface area contributed by atoms with Gasteiger partial charge in [-0.15, -0.1) is 0 Å². The normalized spacial score (nSPS) is 14.3. The van der Waals surface area contributed by atoms with Crippen LogP contribution in [0.3, 0.4) is 0 Å². The molecule has 30 heavy (non-hydrogen) atoms. The predicted molar refractivity (Wildman–Crippen MR) is 122 cm³/mol. The van der Waals surface area contributed by atoms with E-state index in [-0.39, 0.29) is 12.6 Å². The maximum absolute atomic E-state index is 12.2. The van der Waals surface area contributed by atoms with Crippen LogP contribution in [0.4, 0.5) is 5.69 Å². The Bertz CT molecular complexity index is 986. The molecule has 1 amide bonds. The fourth-order valence-corrected chi connectivity index (χ4v) is 4.17. The number of hydrazone groups is 1. The van der Waals surface area contributed by atoms with Crippen LogP contribution in [0.5, 0.6) is 5.75 Å². The van der Waals surface area contributed by atoms with Crippen LogP contribution in [-0.2, 0) is 21.2 Å². The Balaban J connectivity index is 1.56. The maximum atomic E-state index is 12.2. The van der Waals surface area contributed by atoms with Crippen molar-refractivity contribution in [3.63, 3.8) is 0 Å². The highest BCUT2D eigenvalue weighted by atomic mass is 32.2. The van der Waals surface area contributed by atoms with Crippen molar-refractivity contribution in [1.82, 2.24) is 5.43 Å². The van der Waals surface area contributed by atoms with Crippen LogP contribution in [0.2, 0.25) is 0 Å². The van der Waals surface area contributed by atoms with E-state index in [1.807, 2.05) is 55.1 Å². The summed E-state index contributed by atoms with van der Waals surface area (Å²) in [5.41, 5.74) is 4.70. The summed E-state index contributed by atoms with van der Waals surface area (Å²) in [6.45, 7) is 1.66. The van der Waals surface area contributed by atoms with Crippen LogP contribution in [0, 0.1) is 0 Å². The summed E-state index contributed by atoms with van der Waals surface area (Å²) in [7, 11) is -3.62. The summed E-state index contributed by atoms with van der Waals surface area (Å²) in [6, 6.07) is 14.5. The molecule has 1 fully saturated rings. The average Bonchev–Trinajstić information content (AvgIpc) is 2.69. The van der Waals surface area contributed by atoms with Crippen molar-refractivity contribution in [1.29, 1.82) is 0 Å². The number of nitrogens with one attached hydrogen (secondary N) is 1. The Hall–Kier alpha value is -2.52. The number of nitrogens with zero attached hydrogens (tertiary/aromatic N) is 2. The number of rotatable bonds is 9. The molecule has 1 N–H and O–H groups in total. The third-order valence-corrected chi connectivity index (χ3v) is 6.87. The molecule has 2 aromatic carbocycles. The molecule has 0 aromatic heterocycles. The first-order chi connectivity index (χ1) is 14.3. The van der Waals surface area contributed by atoms with Crippen molar-refractivity contribution in [2.75, 3.05) is 28.6 Å². The van der Waals surface area contributed by atoms with Crippen LogP contribution in [-0.4, -0.2) is 50.9 Å². The van der Waals surface area contributed by atoms with Gasteiger partial charge in [-0.05, 0) is 53.9 Å². The number of hydrogen-bond acceptors (Lipinski definition) is 6. The van der Waals surface area contributed by atoms with Gasteiger partial charge in [0.1, 0.15) is 18.4 Å². The second kappa shape index (κ2) is 9.99. The Morgan fingerprint density at radius 1 is 1.20 bits per heavy atom. The summed E-state index contributed by atoms with van der Waals surface area (Å²) in [6.07, 6.45) is 3.70. The lowest BCUT2D eigenvalue weighted by atomic mass is 10.1. The lowest BCUT2D eigenvalue weighted by molar-refractivity contribution is -0.119. The fraction of sp³-hybridized carbons (Fsp3) is 0.333. The van der Waals surface area contributed by atoms with Crippen LogP contribution in [0.1, 0.15) is 18.1 Å². The van der Waals surface area contributed by atoms with Gasteiger partial charge in [0.25, 0.3) is 5.91 Å². The van der Waals surface area contributed by atoms with E-state index in [4.69, 9.17) is 4.74 Å². The molecular weight excluding hydrogens is 422 g/mol. The molecule has 1 heterocycles. The lowest BCUT2D eigenvalue weighted by Crippen LogP contribution is -2.39. The highest BCUT2D eigenvalue weighted by Gasteiger charge is 2.21. The molecule has 9 heteroatoms. The predicted octanol–water partition coefficient (Wildman–Crippen LogP) is 2.66. The van der Waals surface area contributed by atoms with E-state index < -0.39 is 15.9 Å². The standard InChI is InChI=1S/C21H25N3O4S2/c1-3-16-4-8-18(9-5-16)24(30(2,26)27)13-21(25)23-22-12-17-6-10-19(11-7-17)28-20-14-29-15-20/h4-12,20H,3,13-15H2,1-2H3,(H,23,25)/b22-12-. The third kappa shape index (κ3) is 6.24. The van der Waals surface area contributed by atoms with Crippen LogP contribution < -0.4 is 14.5 Å². The Labute approximate surface area is 181 Å². The zero-order valence-electron chi connectivity index (χ0n) is 16.9. The summed E-state index contributed by atoms with van der Waals surface area (Å²) >= 11 is 1.86. The van der Waals surface area contributed by atoms with Crippen molar-refractivity contribution in [3.05, 3.63) is 59.7 Å². The van der Waals surface area contributed by atoms with Gasteiger partial charge < -0.3 is 4.74 Å². The van der Waals surface area contributed by atoms with Gasteiger partial charge in [-0.3, -0.25) is 9.10 Å². The molecule has 0 unspecified atom stereocenters. The molecule has 160 valence electrons. The third-order valence-electron chi connectivity index (χ3n) is 4.51. The average molecular weight is 448 g/mol. The summed E-state index contributed by atoms with van der Waals surface area (Å²) in [4.78, 5) is 12.2. The van der Waals surface area contributed by atoms with Crippen molar-refractivity contribution in [2.24, 2.45) is 5.10 Å². The van der Waals surface area contributed by atoms with Crippen LogP contribution >= 0.6 is 11.8 Å².